The number of halogens is 5. The molecule has 0 bridgehead atoms. The second-order valence-electron chi connectivity index (χ2n) is 9.90. The van der Waals surface area contributed by atoms with Crippen LogP contribution in [0.1, 0.15) is 42.0 Å². The van der Waals surface area contributed by atoms with Crippen LogP contribution in [0.3, 0.4) is 0 Å². The molecule has 0 amide bonds. The van der Waals surface area contributed by atoms with Crippen LogP contribution < -0.4 is 24.4 Å². The smallest absolute Gasteiger partial charge is 0.387 e. The van der Waals surface area contributed by atoms with Gasteiger partial charge in [-0.3, -0.25) is 9.36 Å². The minimum absolute atomic E-state index is 0.0107. The molecule has 0 radical (unpaired) electrons. The van der Waals surface area contributed by atoms with Gasteiger partial charge in [-0.05, 0) is 84.0 Å². The molecular weight excluding hydrogens is 587 g/mol. The molecule has 0 spiro atoms. The van der Waals surface area contributed by atoms with E-state index in [0.717, 1.165) is 34.5 Å². The Morgan fingerprint density at radius 3 is 2.16 bits per heavy atom. The lowest BCUT2D eigenvalue weighted by molar-refractivity contribution is -0.0505. The Morgan fingerprint density at radius 2 is 1.51 bits per heavy atom. The number of alkyl halides is 4. The third-order valence-electron chi connectivity index (χ3n) is 7.19. The summed E-state index contributed by atoms with van der Waals surface area (Å²) in [6.07, 6.45) is 5.51. The van der Waals surface area contributed by atoms with Crippen molar-refractivity contribution in [1.82, 2.24) is 4.57 Å². The Kier molecular flexibility index (Phi) is 7.98. The topological polar surface area (TPSA) is 52.8 Å². The van der Waals surface area contributed by atoms with Gasteiger partial charge in [-0.2, -0.15) is 17.6 Å². The van der Waals surface area contributed by atoms with Gasteiger partial charge >= 0.3 is 13.2 Å². The van der Waals surface area contributed by atoms with E-state index in [1.165, 1.54) is 36.4 Å². The lowest BCUT2D eigenvalue weighted by Gasteiger charge is -2.31. The molecule has 5 nitrogen and oxygen atoms in total. The van der Waals surface area contributed by atoms with Crippen LogP contribution in [0.25, 0.3) is 12.2 Å². The van der Waals surface area contributed by atoms with Crippen molar-refractivity contribution in [1.29, 1.82) is 0 Å². The van der Waals surface area contributed by atoms with Crippen LogP contribution in [0.2, 0.25) is 0 Å². The number of nitrogens with zero attached hydrogens (tertiary/aromatic N) is 2. The fraction of sp³-hybridized carbons (Fsp3) is 0.188. The predicted molar refractivity (Wildman–Crippen MR) is 152 cm³/mol. The molecule has 220 valence electrons. The van der Waals surface area contributed by atoms with E-state index in [9.17, 15) is 26.7 Å². The first-order valence-electron chi connectivity index (χ1n) is 13.4. The van der Waals surface area contributed by atoms with Crippen LogP contribution in [-0.4, -0.2) is 17.8 Å². The Hall–Kier alpha value is -4.51. The maximum Gasteiger partial charge on any atom is 0.387 e. The average Bonchev–Trinajstić information content (AvgIpc) is 3.28. The highest BCUT2D eigenvalue weighted by Gasteiger charge is 2.32. The molecule has 1 aliphatic heterocycles. The van der Waals surface area contributed by atoms with E-state index in [1.54, 1.807) is 47.0 Å². The van der Waals surface area contributed by atoms with E-state index >= 15 is 0 Å². The van der Waals surface area contributed by atoms with Gasteiger partial charge in [0, 0.05) is 5.56 Å². The van der Waals surface area contributed by atoms with E-state index in [-0.39, 0.29) is 22.6 Å². The van der Waals surface area contributed by atoms with Crippen molar-refractivity contribution in [3.05, 3.63) is 132 Å². The summed E-state index contributed by atoms with van der Waals surface area (Å²) in [5, 5.41) is 0. The zero-order valence-electron chi connectivity index (χ0n) is 22.4. The molecule has 11 heteroatoms. The zero-order valence-corrected chi connectivity index (χ0v) is 23.2. The van der Waals surface area contributed by atoms with Crippen LogP contribution in [0.15, 0.2) is 99.4 Å². The largest absolute Gasteiger partial charge is 0.435 e. The number of aromatic nitrogens is 1. The molecule has 2 heterocycles. The van der Waals surface area contributed by atoms with Crippen molar-refractivity contribution in [3.8, 4) is 11.5 Å². The number of ether oxygens (including phenoxy) is 2. The Labute approximate surface area is 246 Å². The first-order chi connectivity index (χ1) is 20.8. The normalized spacial score (nSPS) is 17.7. The van der Waals surface area contributed by atoms with Gasteiger partial charge in [0.15, 0.2) is 4.80 Å². The van der Waals surface area contributed by atoms with Gasteiger partial charge in [-0.25, -0.2) is 9.38 Å². The number of fused-ring (bicyclic) bond motifs is 1. The van der Waals surface area contributed by atoms with Crippen LogP contribution in [0.4, 0.5) is 22.0 Å². The van der Waals surface area contributed by atoms with E-state index in [0.29, 0.717) is 33.4 Å². The molecule has 6 rings (SSSR count). The average molecular weight is 611 g/mol. The van der Waals surface area contributed by atoms with E-state index < -0.39 is 25.1 Å². The summed E-state index contributed by atoms with van der Waals surface area (Å²) in [7, 11) is 0. The van der Waals surface area contributed by atoms with Crippen molar-refractivity contribution in [3.63, 3.8) is 0 Å². The molecule has 2 aliphatic rings. The summed E-state index contributed by atoms with van der Waals surface area (Å²) in [5.41, 5.74) is 3.84. The van der Waals surface area contributed by atoms with Crippen molar-refractivity contribution >= 4 is 23.5 Å². The molecule has 4 aromatic rings. The monoisotopic (exact) mass is 610 g/mol. The van der Waals surface area contributed by atoms with E-state index in [4.69, 9.17) is 4.99 Å². The number of allylic oxidation sites excluding steroid dienone is 2. The third-order valence-corrected chi connectivity index (χ3v) is 8.18. The van der Waals surface area contributed by atoms with Gasteiger partial charge in [-0.15, -0.1) is 0 Å². The highest BCUT2D eigenvalue weighted by molar-refractivity contribution is 7.07. The molecule has 0 saturated heterocycles. The predicted octanol–water partition coefficient (Wildman–Crippen LogP) is 6.82. The minimum Gasteiger partial charge on any atom is -0.435 e. The summed E-state index contributed by atoms with van der Waals surface area (Å²) in [5.74, 6) is -0.430. The van der Waals surface area contributed by atoms with Crippen LogP contribution in [0, 0.1) is 5.82 Å². The summed E-state index contributed by atoms with van der Waals surface area (Å²) >= 11 is 1.14. The van der Waals surface area contributed by atoms with Gasteiger partial charge in [0.2, 0.25) is 0 Å². The van der Waals surface area contributed by atoms with Gasteiger partial charge in [0.25, 0.3) is 5.56 Å². The first kappa shape index (κ1) is 28.6. The minimum atomic E-state index is -2.97. The molecule has 0 fully saturated rings. The molecule has 1 aromatic heterocycles. The Morgan fingerprint density at radius 1 is 0.860 bits per heavy atom. The van der Waals surface area contributed by atoms with Crippen molar-refractivity contribution in [2.24, 2.45) is 4.99 Å². The van der Waals surface area contributed by atoms with Gasteiger partial charge in [-0.1, -0.05) is 53.8 Å². The van der Waals surface area contributed by atoms with Crippen molar-refractivity contribution in [2.75, 3.05) is 0 Å². The molecule has 0 N–H and O–H groups in total. The van der Waals surface area contributed by atoms with Gasteiger partial charge < -0.3 is 9.47 Å². The van der Waals surface area contributed by atoms with Crippen molar-refractivity contribution < 1.29 is 31.4 Å². The van der Waals surface area contributed by atoms with Crippen LogP contribution >= 0.6 is 11.3 Å². The first-order valence-corrected chi connectivity index (χ1v) is 14.2. The maximum absolute atomic E-state index is 14.5. The molecule has 1 aliphatic carbocycles. The summed E-state index contributed by atoms with van der Waals surface area (Å²) in [6.45, 7) is -5.90. The highest BCUT2D eigenvalue weighted by Crippen LogP contribution is 2.41. The SMILES string of the molecule is O=c1/c(=C/c2ccccc2F)sc2n1C(c1ccc(OC(F)F)cc1)C1=C(N=2)/C(=C/c2ccc(OC(F)F)cc2)CCC1. The molecule has 1 unspecified atom stereocenters. The zero-order chi connectivity index (χ0) is 30.1. The maximum atomic E-state index is 14.5. The van der Waals surface area contributed by atoms with Crippen molar-refractivity contribution in [2.45, 2.75) is 38.5 Å². The number of rotatable bonds is 7. The van der Waals surface area contributed by atoms with Gasteiger partial charge in [0.1, 0.15) is 17.3 Å². The van der Waals surface area contributed by atoms with Gasteiger partial charge in [0.05, 0.1) is 16.3 Å². The van der Waals surface area contributed by atoms with E-state index in [2.05, 4.69) is 9.47 Å². The quantitative estimate of drug-likeness (QED) is 0.216. The summed E-state index contributed by atoms with van der Waals surface area (Å²) in [4.78, 5) is 19.1. The summed E-state index contributed by atoms with van der Waals surface area (Å²) < 4.78 is 76.1. The standard InChI is InChI=1S/C32H23F5N2O3S/c33-25-7-2-1-4-20(25)17-26-29(40)39-28(19-10-14-23(15-11-19)42-31(36)37)24-6-3-5-21(27(24)38-32(39)43-26)16-18-8-12-22(13-9-18)41-30(34)35/h1-2,4,7-17,28,30-31H,3,5-6H2/b21-16+,26-17-. The lowest BCUT2D eigenvalue weighted by Crippen LogP contribution is -2.39. The highest BCUT2D eigenvalue weighted by atomic mass is 32.1. The Balaban J connectivity index is 1.50. The fourth-order valence-corrected chi connectivity index (χ4v) is 6.36. The number of thiazole rings is 1. The fourth-order valence-electron chi connectivity index (χ4n) is 5.37. The second-order valence-corrected chi connectivity index (χ2v) is 10.9. The molecule has 0 saturated carbocycles. The Bertz CT molecular complexity index is 1890. The molecule has 1 atom stereocenters. The molecule has 3 aromatic carbocycles. The summed E-state index contributed by atoms with van der Waals surface area (Å²) in [6, 6.07) is 18.0. The van der Waals surface area contributed by atoms with Crippen LogP contribution in [-0.2, 0) is 0 Å². The number of hydrogen-bond acceptors (Lipinski definition) is 5. The lowest BCUT2D eigenvalue weighted by atomic mass is 9.84. The van der Waals surface area contributed by atoms with E-state index in [1.807, 2.05) is 6.08 Å². The third kappa shape index (κ3) is 6.03. The second kappa shape index (κ2) is 12.0. The molecule has 43 heavy (non-hydrogen) atoms. The van der Waals surface area contributed by atoms with Crippen LogP contribution in [0.5, 0.6) is 11.5 Å². The number of hydrogen-bond donors (Lipinski definition) is 0. The number of benzene rings is 3. The molecular formula is C32H23F5N2O3S.